The first-order valence-corrected chi connectivity index (χ1v) is 11.9. The Hall–Kier alpha value is -4.47. The van der Waals surface area contributed by atoms with Gasteiger partial charge in [-0.3, -0.25) is 19.6 Å². The number of nitrogens with zero attached hydrogens (tertiary/aromatic N) is 2. The van der Waals surface area contributed by atoms with E-state index >= 15 is 0 Å². The van der Waals surface area contributed by atoms with Crippen molar-refractivity contribution in [2.24, 2.45) is 10.1 Å². The maximum Gasteiger partial charge on any atom is 0.296 e. The molecule has 0 bridgehead atoms. The fourth-order valence-electron chi connectivity index (χ4n) is 3.90. The van der Waals surface area contributed by atoms with Gasteiger partial charge in [-0.15, -0.1) is 0 Å². The molecule has 0 aliphatic heterocycles. The van der Waals surface area contributed by atoms with E-state index in [0.29, 0.717) is 11.4 Å². The van der Waals surface area contributed by atoms with Gasteiger partial charge in [0.05, 0.1) is 27.2 Å². The largest absolute Gasteiger partial charge is 0.296 e. The van der Waals surface area contributed by atoms with Gasteiger partial charge in [0, 0.05) is 10.8 Å². The van der Waals surface area contributed by atoms with Crippen LogP contribution in [0.3, 0.4) is 0 Å². The topological polar surface area (TPSA) is 125 Å². The van der Waals surface area contributed by atoms with E-state index in [0.717, 1.165) is 6.07 Å². The van der Waals surface area contributed by atoms with Gasteiger partial charge in [-0.25, -0.2) is 4.99 Å². The van der Waals surface area contributed by atoms with Crippen molar-refractivity contribution in [2.45, 2.75) is 4.90 Å². The van der Waals surface area contributed by atoms with Crippen molar-refractivity contribution in [3.8, 4) is 0 Å². The normalized spacial score (nSPS) is 12.9. The molecule has 0 radical (unpaired) electrons. The predicted octanol–water partition coefficient (Wildman–Crippen LogP) is 2.57. The molecule has 3 aromatic rings. The Morgan fingerprint density at radius 2 is 1.26 bits per heavy atom. The molecule has 172 valence electrons. The Morgan fingerprint density at radius 1 is 0.714 bits per heavy atom. The van der Waals surface area contributed by atoms with E-state index in [-0.39, 0.29) is 31.9 Å². The molecule has 0 saturated carbocycles. The summed E-state index contributed by atoms with van der Waals surface area (Å²) in [5, 5.41) is 3.68. The van der Waals surface area contributed by atoms with Crippen LogP contribution >= 0.6 is 0 Å². The first-order chi connectivity index (χ1) is 16.8. The lowest BCUT2D eigenvalue weighted by Gasteiger charge is -2.05. The van der Waals surface area contributed by atoms with Gasteiger partial charge in [0.15, 0.2) is 10.9 Å². The number of hydrogen-bond donors (Lipinski definition) is 2. The molecule has 0 atom stereocenters. The monoisotopic (exact) mass is 483 g/mol. The van der Waals surface area contributed by atoms with Crippen molar-refractivity contribution in [3.05, 3.63) is 133 Å². The molecule has 0 amide bonds. The second-order valence-electron chi connectivity index (χ2n) is 7.71. The first kappa shape index (κ1) is 22.3. The predicted molar refractivity (Wildman–Crippen MR) is 131 cm³/mol. The quantitative estimate of drug-likeness (QED) is 0.299. The molecule has 0 saturated heterocycles. The third-order valence-electron chi connectivity index (χ3n) is 5.47. The fraction of sp³-hybridized carbons (Fsp3) is 0. The van der Waals surface area contributed by atoms with Crippen LogP contribution in [0, 0.1) is 10.4 Å². The Labute approximate surface area is 198 Å². The zero-order valence-electron chi connectivity index (χ0n) is 18.0. The van der Waals surface area contributed by atoms with E-state index < -0.39 is 25.9 Å². The Bertz CT molecular complexity index is 1980. The summed E-state index contributed by atoms with van der Waals surface area (Å²) >= 11 is 0. The van der Waals surface area contributed by atoms with E-state index in [1.54, 1.807) is 72.8 Å². The van der Waals surface area contributed by atoms with E-state index in [4.69, 9.17) is 0 Å². The first-order valence-electron chi connectivity index (χ1n) is 10.5. The average Bonchev–Trinajstić information content (AvgIpc) is 2.86. The number of anilines is 1. The SMILES string of the molecule is O=c1c2c(=Nc3ccccc3)cc(S(=O)(=O)O)/c(=N\Nc3ccccc3)c=2c(=O)c2ccccc12. The van der Waals surface area contributed by atoms with Gasteiger partial charge in [-0.2, -0.15) is 13.5 Å². The van der Waals surface area contributed by atoms with Gasteiger partial charge in [0.25, 0.3) is 10.1 Å². The summed E-state index contributed by atoms with van der Waals surface area (Å²) in [4.78, 5) is 31.0. The molecule has 0 heterocycles. The second kappa shape index (κ2) is 8.71. The van der Waals surface area contributed by atoms with Crippen LogP contribution < -0.4 is 27.0 Å². The number of fused-ring (bicyclic) bond motifs is 1. The highest BCUT2D eigenvalue weighted by Gasteiger charge is 2.20. The van der Waals surface area contributed by atoms with E-state index in [1.807, 2.05) is 0 Å². The van der Waals surface area contributed by atoms with Crippen molar-refractivity contribution in [1.82, 2.24) is 0 Å². The lowest BCUT2D eigenvalue weighted by molar-refractivity contribution is 0.481. The fourth-order valence-corrected chi connectivity index (χ4v) is 4.56. The second-order valence-corrected chi connectivity index (χ2v) is 9.10. The molecule has 2 aliphatic carbocycles. The average molecular weight is 484 g/mol. The molecule has 0 unspecified atom stereocenters. The van der Waals surface area contributed by atoms with Crippen LogP contribution in [-0.2, 0) is 10.1 Å². The van der Waals surface area contributed by atoms with Gasteiger partial charge in [-0.1, -0.05) is 60.7 Å². The van der Waals surface area contributed by atoms with Crippen molar-refractivity contribution in [3.63, 3.8) is 0 Å². The summed E-state index contributed by atoms with van der Waals surface area (Å²) in [6.07, 6.45) is 0. The van der Waals surface area contributed by atoms with Crippen LogP contribution in [0.2, 0.25) is 0 Å². The van der Waals surface area contributed by atoms with Crippen LogP contribution in [0.15, 0.2) is 116 Å². The molecule has 0 aromatic heterocycles. The lowest BCUT2D eigenvalue weighted by Crippen LogP contribution is -2.33. The molecule has 2 aliphatic rings. The van der Waals surface area contributed by atoms with Gasteiger partial charge in [0.2, 0.25) is 0 Å². The molecule has 35 heavy (non-hydrogen) atoms. The number of hydrogen-bond acceptors (Lipinski definition) is 7. The van der Waals surface area contributed by atoms with Crippen molar-refractivity contribution < 1.29 is 13.0 Å². The summed E-state index contributed by atoms with van der Waals surface area (Å²) in [5.41, 5.74) is 2.55. The molecule has 5 rings (SSSR count). The number of benzene rings is 3. The molecule has 3 aromatic carbocycles. The number of rotatable bonds is 4. The Morgan fingerprint density at radius 3 is 1.86 bits per heavy atom. The van der Waals surface area contributed by atoms with E-state index in [1.165, 1.54) is 12.1 Å². The molecule has 2 N–H and O–H groups in total. The zero-order chi connectivity index (χ0) is 24.6. The Kier molecular flexibility index (Phi) is 5.56. The van der Waals surface area contributed by atoms with Crippen molar-refractivity contribution in [2.75, 3.05) is 5.43 Å². The van der Waals surface area contributed by atoms with E-state index in [2.05, 4.69) is 15.5 Å². The van der Waals surface area contributed by atoms with Crippen molar-refractivity contribution in [1.29, 1.82) is 0 Å². The molecule has 0 spiro atoms. The number of para-hydroxylation sites is 2. The summed E-state index contributed by atoms with van der Waals surface area (Å²) in [6.45, 7) is 0. The highest BCUT2D eigenvalue weighted by atomic mass is 32.2. The van der Waals surface area contributed by atoms with Crippen LogP contribution in [0.1, 0.15) is 0 Å². The van der Waals surface area contributed by atoms with Crippen LogP contribution in [0.25, 0.3) is 10.8 Å². The highest BCUT2D eigenvalue weighted by Crippen LogP contribution is 2.11. The summed E-state index contributed by atoms with van der Waals surface area (Å²) in [7, 11) is -4.86. The van der Waals surface area contributed by atoms with Crippen LogP contribution in [0.4, 0.5) is 11.4 Å². The maximum atomic E-state index is 13.6. The molecular formula is C26H17N3O5S. The summed E-state index contributed by atoms with van der Waals surface area (Å²) in [5.74, 6) is 0. The number of nitrogens with one attached hydrogen (secondary N) is 1. The maximum absolute atomic E-state index is 13.6. The molecule has 9 heteroatoms. The summed E-state index contributed by atoms with van der Waals surface area (Å²) < 4.78 is 34.9. The van der Waals surface area contributed by atoms with Crippen LogP contribution in [-0.4, -0.2) is 13.0 Å². The lowest BCUT2D eigenvalue weighted by atomic mass is 10.0. The van der Waals surface area contributed by atoms with Gasteiger partial charge in [0.1, 0.15) is 10.3 Å². The minimum Gasteiger partial charge on any atom is -0.288 e. The third kappa shape index (κ3) is 4.14. The Balaban J connectivity index is 2.07. The van der Waals surface area contributed by atoms with Gasteiger partial charge < -0.3 is 0 Å². The van der Waals surface area contributed by atoms with Crippen LogP contribution in [0.5, 0.6) is 0 Å². The molecule has 8 nitrogen and oxygen atoms in total. The highest BCUT2D eigenvalue weighted by molar-refractivity contribution is 7.85. The molecular weight excluding hydrogens is 466 g/mol. The zero-order valence-corrected chi connectivity index (χ0v) is 18.9. The molecule has 0 fully saturated rings. The minimum atomic E-state index is -4.86. The van der Waals surface area contributed by atoms with Gasteiger partial charge >= 0.3 is 0 Å². The van der Waals surface area contributed by atoms with Crippen molar-refractivity contribution >= 4 is 32.3 Å². The standard InChI is InChI=1S/C26H17N3O5S/c30-25-18-13-7-8-14-19(18)26(31)23-22(25)20(27-16-9-3-1-4-10-16)15-21(35(32,33)34)24(23)29-28-17-11-5-2-6-12-17/h1-15,28H,(H,32,33,34)/b27-20?,29-24+. The minimum absolute atomic E-state index is 0.0645. The smallest absolute Gasteiger partial charge is 0.288 e. The third-order valence-corrected chi connectivity index (χ3v) is 6.34. The van der Waals surface area contributed by atoms with Gasteiger partial charge in [-0.05, 0) is 30.3 Å². The van der Waals surface area contributed by atoms with E-state index in [9.17, 15) is 22.6 Å². The summed E-state index contributed by atoms with van der Waals surface area (Å²) in [6, 6.07) is 24.5.